The maximum Gasteiger partial charge on any atom is 0.242 e. The van der Waals surface area contributed by atoms with Crippen LogP contribution in [0.25, 0.3) is 10.9 Å². The standard InChI is InChI=1S/C16H20N2O3/c1-11(16(20)17-8-9-21-3)18-10-14(12(2)19)13-6-4-5-7-15(13)18/h4-7,10-11H,8-9H2,1-3H3,(H,17,20)/t11-/m0/s1. The van der Waals surface area contributed by atoms with Gasteiger partial charge in [0.1, 0.15) is 6.04 Å². The van der Waals surface area contributed by atoms with Crippen LogP contribution >= 0.6 is 0 Å². The average Bonchev–Trinajstić information content (AvgIpc) is 2.86. The molecule has 5 nitrogen and oxygen atoms in total. The topological polar surface area (TPSA) is 60.3 Å². The van der Waals surface area contributed by atoms with Gasteiger partial charge in [0, 0.05) is 36.3 Å². The molecule has 1 amide bonds. The minimum atomic E-state index is -0.389. The second-order valence-electron chi connectivity index (χ2n) is 4.98. The zero-order valence-electron chi connectivity index (χ0n) is 12.6. The fourth-order valence-corrected chi connectivity index (χ4v) is 2.36. The first kappa shape index (κ1) is 15.3. The molecular formula is C16H20N2O3. The van der Waals surface area contributed by atoms with E-state index in [1.807, 2.05) is 35.8 Å². The van der Waals surface area contributed by atoms with E-state index in [0.29, 0.717) is 18.7 Å². The first-order valence-electron chi connectivity index (χ1n) is 6.93. The predicted octanol–water partition coefficient (Wildman–Crippen LogP) is 2.17. The number of hydrogen-bond acceptors (Lipinski definition) is 3. The van der Waals surface area contributed by atoms with Crippen molar-refractivity contribution in [2.45, 2.75) is 19.9 Å². The van der Waals surface area contributed by atoms with Crippen molar-refractivity contribution in [2.75, 3.05) is 20.3 Å². The van der Waals surface area contributed by atoms with Crippen molar-refractivity contribution in [3.05, 3.63) is 36.0 Å². The Labute approximate surface area is 123 Å². The third-order valence-corrected chi connectivity index (χ3v) is 3.52. The van der Waals surface area contributed by atoms with E-state index in [1.165, 1.54) is 6.92 Å². The Kier molecular flexibility index (Phi) is 4.75. The lowest BCUT2D eigenvalue weighted by atomic mass is 10.1. The van der Waals surface area contributed by atoms with Gasteiger partial charge in [0.05, 0.1) is 6.61 Å². The summed E-state index contributed by atoms with van der Waals surface area (Å²) in [5, 5.41) is 3.69. The summed E-state index contributed by atoms with van der Waals surface area (Å²) in [6, 6.07) is 7.22. The van der Waals surface area contributed by atoms with Gasteiger partial charge in [-0.1, -0.05) is 18.2 Å². The van der Waals surface area contributed by atoms with Crippen LogP contribution in [0, 0.1) is 0 Å². The van der Waals surface area contributed by atoms with Gasteiger partial charge in [-0.25, -0.2) is 0 Å². The molecule has 1 N–H and O–H groups in total. The van der Waals surface area contributed by atoms with Gasteiger partial charge in [-0.05, 0) is 19.9 Å². The number of para-hydroxylation sites is 1. The molecule has 0 radical (unpaired) electrons. The number of aromatic nitrogens is 1. The number of carbonyl (C=O) groups is 2. The Morgan fingerprint density at radius 1 is 1.33 bits per heavy atom. The van der Waals surface area contributed by atoms with Gasteiger partial charge in [0.25, 0.3) is 0 Å². The van der Waals surface area contributed by atoms with E-state index in [1.54, 1.807) is 13.3 Å². The number of carbonyl (C=O) groups excluding carboxylic acids is 2. The first-order valence-corrected chi connectivity index (χ1v) is 6.93. The van der Waals surface area contributed by atoms with E-state index in [9.17, 15) is 9.59 Å². The van der Waals surface area contributed by atoms with E-state index >= 15 is 0 Å². The van der Waals surface area contributed by atoms with E-state index in [-0.39, 0.29) is 17.7 Å². The number of methoxy groups -OCH3 is 1. The Hall–Kier alpha value is -2.14. The number of fused-ring (bicyclic) bond motifs is 1. The molecule has 112 valence electrons. The monoisotopic (exact) mass is 288 g/mol. The molecule has 5 heteroatoms. The summed E-state index contributed by atoms with van der Waals surface area (Å²) >= 11 is 0. The average molecular weight is 288 g/mol. The number of nitrogens with one attached hydrogen (secondary N) is 1. The SMILES string of the molecule is COCCNC(=O)[C@H](C)n1cc(C(C)=O)c2ccccc21. The molecule has 0 aliphatic heterocycles. The van der Waals surface area contributed by atoms with Crippen LogP contribution in [-0.4, -0.2) is 36.5 Å². The van der Waals surface area contributed by atoms with Crippen molar-refractivity contribution in [3.8, 4) is 0 Å². The number of amides is 1. The van der Waals surface area contributed by atoms with Crippen molar-refractivity contribution in [1.29, 1.82) is 0 Å². The normalized spacial score (nSPS) is 12.3. The van der Waals surface area contributed by atoms with E-state index in [4.69, 9.17) is 4.74 Å². The highest BCUT2D eigenvalue weighted by molar-refractivity contribution is 6.07. The summed E-state index contributed by atoms with van der Waals surface area (Å²) in [6.45, 7) is 4.30. The maximum absolute atomic E-state index is 12.2. The van der Waals surface area contributed by atoms with E-state index in [0.717, 1.165) is 10.9 Å². The molecule has 1 heterocycles. The summed E-state index contributed by atoms with van der Waals surface area (Å²) in [7, 11) is 1.59. The van der Waals surface area contributed by atoms with Crippen LogP contribution < -0.4 is 5.32 Å². The number of ketones is 1. The van der Waals surface area contributed by atoms with Crippen molar-refractivity contribution < 1.29 is 14.3 Å². The molecule has 2 aromatic rings. The number of Topliss-reactive ketones (excluding diaryl/α,β-unsaturated/α-hetero) is 1. The molecule has 0 aliphatic rings. The van der Waals surface area contributed by atoms with Crippen molar-refractivity contribution in [1.82, 2.24) is 9.88 Å². The molecule has 2 rings (SSSR count). The van der Waals surface area contributed by atoms with Gasteiger partial charge in [-0.15, -0.1) is 0 Å². The van der Waals surface area contributed by atoms with Crippen molar-refractivity contribution >= 4 is 22.6 Å². The smallest absolute Gasteiger partial charge is 0.242 e. The Morgan fingerprint density at radius 3 is 2.71 bits per heavy atom. The summed E-state index contributed by atoms with van der Waals surface area (Å²) in [5.41, 5.74) is 1.53. The second kappa shape index (κ2) is 6.54. The van der Waals surface area contributed by atoms with Gasteiger partial charge >= 0.3 is 0 Å². The van der Waals surface area contributed by atoms with Crippen LogP contribution in [0.4, 0.5) is 0 Å². The molecule has 1 atom stereocenters. The lowest BCUT2D eigenvalue weighted by molar-refractivity contribution is -0.123. The van der Waals surface area contributed by atoms with Gasteiger partial charge < -0.3 is 14.6 Å². The highest BCUT2D eigenvalue weighted by Crippen LogP contribution is 2.25. The number of nitrogens with zero attached hydrogens (tertiary/aromatic N) is 1. The molecule has 1 aromatic heterocycles. The highest BCUT2D eigenvalue weighted by Gasteiger charge is 2.19. The number of hydrogen-bond donors (Lipinski definition) is 1. The summed E-state index contributed by atoms with van der Waals surface area (Å²) in [5.74, 6) is -0.0974. The molecule has 21 heavy (non-hydrogen) atoms. The minimum absolute atomic E-state index is 0.00283. The zero-order valence-corrected chi connectivity index (χ0v) is 12.6. The zero-order chi connectivity index (χ0) is 15.4. The highest BCUT2D eigenvalue weighted by atomic mass is 16.5. The van der Waals surface area contributed by atoms with Gasteiger partial charge in [0.15, 0.2) is 5.78 Å². The number of benzene rings is 1. The van der Waals surface area contributed by atoms with Crippen LogP contribution in [0.3, 0.4) is 0 Å². The van der Waals surface area contributed by atoms with Gasteiger partial charge in [0.2, 0.25) is 5.91 Å². The van der Waals surface area contributed by atoms with Gasteiger partial charge in [-0.3, -0.25) is 9.59 Å². The molecule has 1 aromatic carbocycles. The summed E-state index contributed by atoms with van der Waals surface area (Å²) < 4.78 is 6.76. The summed E-state index contributed by atoms with van der Waals surface area (Å²) in [6.07, 6.45) is 1.76. The lowest BCUT2D eigenvalue weighted by Crippen LogP contribution is -2.33. The Bertz CT molecular complexity index is 661. The Morgan fingerprint density at radius 2 is 2.05 bits per heavy atom. The molecule has 0 saturated heterocycles. The molecule has 0 aliphatic carbocycles. The number of rotatable bonds is 6. The molecular weight excluding hydrogens is 268 g/mol. The van der Waals surface area contributed by atoms with Crippen LogP contribution in [0.5, 0.6) is 0 Å². The third-order valence-electron chi connectivity index (χ3n) is 3.52. The molecule has 0 spiro atoms. The Balaban J connectivity index is 2.33. The largest absolute Gasteiger partial charge is 0.383 e. The first-order chi connectivity index (χ1) is 10.1. The molecule has 0 unspecified atom stereocenters. The lowest BCUT2D eigenvalue weighted by Gasteiger charge is -2.15. The fourth-order valence-electron chi connectivity index (χ4n) is 2.36. The minimum Gasteiger partial charge on any atom is -0.383 e. The second-order valence-corrected chi connectivity index (χ2v) is 4.98. The van der Waals surface area contributed by atoms with Crippen LogP contribution in [0.2, 0.25) is 0 Å². The van der Waals surface area contributed by atoms with Crippen LogP contribution in [0.1, 0.15) is 30.2 Å². The van der Waals surface area contributed by atoms with Crippen LogP contribution in [-0.2, 0) is 9.53 Å². The molecule has 0 fully saturated rings. The summed E-state index contributed by atoms with van der Waals surface area (Å²) in [4.78, 5) is 23.9. The van der Waals surface area contributed by atoms with E-state index < -0.39 is 0 Å². The molecule has 0 saturated carbocycles. The maximum atomic E-state index is 12.2. The van der Waals surface area contributed by atoms with Gasteiger partial charge in [-0.2, -0.15) is 0 Å². The fraction of sp³-hybridized carbons (Fsp3) is 0.375. The molecule has 0 bridgehead atoms. The van der Waals surface area contributed by atoms with Crippen molar-refractivity contribution in [3.63, 3.8) is 0 Å². The number of ether oxygens (including phenoxy) is 1. The van der Waals surface area contributed by atoms with E-state index in [2.05, 4.69) is 5.32 Å². The quantitative estimate of drug-likeness (QED) is 0.654. The van der Waals surface area contributed by atoms with Crippen molar-refractivity contribution in [2.24, 2.45) is 0 Å². The van der Waals surface area contributed by atoms with Crippen LogP contribution in [0.15, 0.2) is 30.5 Å². The predicted molar refractivity (Wildman–Crippen MR) is 81.5 cm³/mol. The third kappa shape index (κ3) is 3.13.